The van der Waals surface area contributed by atoms with E-state index < -0.39 is 42.3 Å². The van der Waals surface area contributed by atoms with Crippen molar-refractivity contribution in [3.63, 3.8) is 0 Å². The Labute approximate surface area is 222 Å². The Morgan fingerprint density at radius 1 is 1.24 bits per heavy atom. The number of nitrogens with one attached hydrogen (secondary N) is 1. The van der Waals surface area contributed by atoms with Crippen molar-refractivity contribution in [2.24, 2.45) is 5.41 Å². The maximum absolute atomic E-state index is 12.9. The van der Waals surface area contributed by atoms with E-state index in [1.807, 2.05) is 0 Å². The van der Waals surface area contributed by atoms with Crippen molar-refractivity contribution in [1.82, 2.24) is 14.7 Å². The summed E-state index contributed by atoms with van der Waals surface area (Å²) < 4.78 is 41.0. The highest BCUT2D eigenvalue weighted by molar-refractivity contribution is 6.32. The number of carbonyl (C=O) groups excluding carboxylic acids is 3. The highest BCUT2D eigenvalue weighted by Crippen LogP contribution is 2.53. The standard InChI is InChI=1S/C24H30ClF3N4O6/c1-14-21(36)31(12-16(33)11-20(35)30-7-6-23(4-5-23)19(34)13-30)8-9-32(14)22(37)29-15-2-3-18(17(25)10-15)38-24(26,27)28/h2-3,10,14,16,19,33-34H,4-9,11-13H2,1H3,(H,29,37)/t14-,16?,19+/m0/s1. The molecule has 1 spiro atoms. The molecule has 3 N–H and O–H groups in total. The van der Waals surface area contributed by atoms with E-state index in [9.17, 15) is 37.8 Å². The number of piperazine rings is 1. The number of β-amino-alcohol motifs (C(OH)–C–C–N with tert-alkyl or cyclic N) is 2. The first kappa shape index (κ1) is 28.2. The fourth-order valence-corrected chi connectivity index (χ4v) is 5.23. The topological polar surface area (TPSA) is 123 Å². The number of aliphatic hydroxyl groups is 2. The Balaban J connectivity index is 1.26. The van der Waals surface area contributed by atoms with Crippen LogP contribution < -0.4 is 10.1 Å². The molecular formula is C24H30ClF3N4O6. The Morgan fingerprint density at radius 3 is 2.55 bits per heavy atom. The van der Waals surface area contributed by atoms with E-state index in [-0.39, 0.29) is 54.6 Å². The van der Waals surface area contributed by atoms with Gasteiger partial charge >= 0.3 is 12.4 Å². The molecule has 14 heteroatoms. The van der Waals surface area contributed by atoms with Crippen LogP contribution in [0.3, 0.4) is 0 Å². The quantitative estimate of drug-likeness (QED) is 0.489. The highest BCUT2D eigenvalue weighted by Gasteiger charge is 2.51. The molecule has 2 heterocycles. The summed E-state index contributed by atoms with van der Waals surface area (Å²) in [6.07, 6.45) is -4.07. The number of rotatable bonds is 6. The molecule has 1 aromatic carbocycles. The van der Waals surface area contributed by atoms with Crippen molar-refractivity contribution in [3.8, 4) is 5.75 Å². The largest absolute Gasteiger partial charge is 0.573 e. The maximum Gasteiger partial charge on any atom is 0.573 e. The van der Waals surface area contributed by atoms with Gasteiger partial charge in [-0.1, -0.05) is 11.6 Å². The number of piperidine rings is 1. The lowest BCUT2D eigenvalue weighted by Gasteiger charge is -2.40. The molecule has 10 nitrogen and oxygen atoms in total. The van der Waals surface area contributed by atoms with Crippen LogP contribution >= 0.6 is 11.6 Å². The van der Waals surface area contributed by atoms with Gasteiger partial charge in [0.1, 0.15) is 11.8 Å². The fraction of sp³-hybridized carbons (Fsp3) is 0.625. The van der Waals surface area contributed by atoms with Gasteiger partial charge in [0.05, 0.1) is 23.7 Å². The number of urea groups is 1. The number of alkyl halides is 3. The summed E-state index contributed by atoms with van der Waals surface area (Å²) in [5, 5.41) is 22.9. The van der Waals surface area contributed by atoms with Crippen LogP contribution in [0, 0.1) is 5.41 Å². The van der Waals surface area contributed by atoms with Crippen LogP contribution in [0.2, 0.25) is 5.02 Å². The number of anilines is 1. The van der Waals surface area contributed by atoms with E-state index in [2.05, 4.69) is 10.1 Å². The number of hydrogen-bond donors (Lipinski definition) is 3. The number of ether oxygens (including phenoxy) is 1. The van der Waals surface area contributed by atoms with Crippen LogP contribution in [0.25, 0.3) is 0 Å². The molecule has 4 rings (SSSR count). The molecule has 3 atom stereocenters. The SMILES string of the molecule is C[C@H]1C(=O)N(CC(O)CC(=O)N2CCC3(CC3)[C@H](O)C2)CCN1C(=O)Nc1ccc(OC(F)(F)F)c(Cl)c1. The first-order chi connectivity index (χ1) is 17.8. The summed E-state index contributed by atoms with van der Waals surface area (Å²) in [5.41, 5.74) is 0.0715. The fourth-order valence-electron chi connectivity index (χ4n) is 5.01. The number of carbonyl (C=O) groups is 3. The molecule has 3 aliphatic rings. The second-order valence-corrected chi connectivity index (χ2v) is 10.5. The van der Waals surface area contributed by atoms with E-state index in [1.165, 1.54) is 22.8 Å². The minimum absolute atomic E-state index is 0.0405. The van der Waals surface area contributed by atoms with Gasteiger partial charge in [-0.05, 0) is 49.8 Å². The number of likely N-dealkylation sites (tertiary alicyclic amines) is 1. The number of aliphatic hydroxyl groups excluding tert-OH is 2. The van der Waals surface area contributed by atoms with E-state index in [0.717, 1.165) is 31.4 Å². The Hall–Kier alpha value is -2.77. The molecule has 1 saturated carbocycles. The number of amides is 4. The molecule has 4 amide bonds. The van der Waals surface area contributed by atoms with Crippen LogP contribution in [0.1, 0.15) is 32.6 Å². The minimum atomic E-state index is -4.92. The molecule has 1 aliphatic carbocycles. The second-order valence-electron chi connectivity index (χ2n) is 10.1. The minimum Gasteiger partial charge on any atom is -0.404 e. The summed E-state index contributed by atoms with van der Waals surface area (Å²) >= 11 is 5.82. The van der Waals surface area contributed by atoms with Crippen molar-refractivity contribution in [1.29, 1.82) is 0 Å². The van der Waals surface area contributed by atoms with Crippen LogP contribution in [-0.2, 0) is 9.59 Å². The molecule has 38 heavy (non-hydrogen) atoms. The first-order valence-electron chi connectivity index (χ1n) is 12.3. The third-order valence-corrected chi connectivity index (χ3v) is 7.78. The van der Waals surface area contributed by atoms with Crippen LogP contribution in [0.4, 0.5) is 23.7 Å². The van der Waals surface area contributed by atoms with Gasteiger partial charge in [-0.2, -0.15) is 0 Å². The molecule has 2 aliphatic heterocycles. The lowest BCUT2D eigenvalue weighted by molar-refractivity contribution is -0.274. The van der Waals surface area contributed by atoms with E-state index in [4.69, 9.17) is 11.6 Å². The number of nitrogens with zero attached hydrogens (tertiary/aromatic N) is 3. The second kappa shape index (κ2) is 10.8. The average molecular weight is 563 g/mol. The Kier molecular flexibility index (Phi) is 8.01. The summed E-state index contributed by atoms with van der Waals surface area (Å²) in [5.74, 6) is -1.32. The highest BCUT2D eigenvalue weighted by atomic mass is 35.5. The van der Waals surface area contributed by atoms with Crippen molar-refractivity contribution >= 4 is 35.1 Å². The van der Waals surface area contributed by atoms with Crippen molar-refractivity contribution in [2.75, 3.05) is 38.0 Å². The molecule has 210 valence electrons. The van der Waals surface area contributed by atoms with Gasteiger partial charge in [-0.3, -0.25) is 9.59 Å². The monoisotopic (exact) mass is 562 g/mol. The van der Waals surface area contributed by atoms with Gasteiger partial charge < -0.3 is 35.0 Å². The molecule has 0 radical (unpaired) electrons. The molecule has 3 fully saturated rings. The van der Waals surface area contributed by atoms with Gasteiger partial charge in [0.15, 0.2) is 0 Å². The number of halogens is 4. The summed E-state index contributed by atoms with van der Waals surface area (Å²) in [7, 11) is 0. The molecule has 0 aromatic heterocycles. The smallest absolute Gasteiger partial charge is 0.404 e. The van der Waals surface area contributed by atoms with Gasteiger partial charge in [-0.15, -0.1) is 13.2 Å². The molecule has 0 bridgehead atoms. The van der Waals surface area contributed by atoms with Crippen LogP contribution in [0.5, 0.6) is 5.75 Å². The normalized spacial score (nSPS) is 23.9. The number of benzene rings is 1. The molecule has 2 saturated heterocycles. The third kappa shape index (κ3) is 6.44. The zero-order chi connectivity index (χ0) is 27.8. The predicted molar refractivity (Wildman–Crippen MR) is 129 cm³/mol. The molecule has 1 aromatic rings. The van der Waals surface area contributed by atoms with Crippen LogP contribution in [0.15, 0.2) is 18.2 Å². The Bertz CT molecular complexity index is 1090. The van der Waals surface area contributed by atoms with Crippen molar-refractivity contribution in [2.45, 2.75) is 57.2 Å². The van der Waals surface area contributed by atoms with Gasteiger partial charge in [0, 0.05) is 38.4 Å². The molecule has 1 unspecified atom stereocenters. The predicted octanol–water partition coefficient (Wildman–Crippen LogP) is 2.43. The lowest BCUT2D eigenvalue weighted by Crippen LogP contribution is -2.59. The summed E-state index contributed by atoms with van der Waals surface area (Å²) in [6.45, 7) is 2.46. The average Bonchev–Trinajstić information content (AvgIpc) is 3.60. The van der Waals surface area contributed by atoms with Crippen molar-refractivity contribution in [3.05, 3.63) is 23.2 Å². The van der Waals surface area contributed by atoms with E-state index in [0.29, 0.717) is 6.54 Å². The van der Waals surface area contributed by atoms with E-state index in [1.54, 1.807) is 4.90 Å². The lowest BCUT2D eigenvalue weighted by atomic mass is 9.90. The van der Waals surface area contributed by atoms with Crippen molar-refractivity contribution < 1.29 is 42.5 Å². The third-order valence-electron chi connectivity index (χ3n) is 7.48. The van der Waals surface area contributed by atoms with Gasteiger partial charge in [-0.25, -0.2) is 4.79 Å². The zero-order valence-corrected chi connectivity index (χ0v) is 21.5. The molecular weight excluding hydrogens is 533 g/mol. The van der Waals surface area contributed by atoms with Crippen LogP contribution in [-0.4, -0.2) is 100 Å². The zero-order valence-electron chi connectivity index (χ0n) is 20.7. The number of hydrogen-bond acceptors (Lipinski definition) is 6. The van der Waals surface area contributed by atoms with Gasteiger partial charge in [0.2, 0.25) is 11.8 Å². The maximum atomic E-state index is 12.9. The first-order valence-corrected chi connectivity index (χ1v) is 12.7. The summed E-state index contributed by atoms with van der Waals surface area (Å²) in [6, 6.07) is 1.71. The summed E-state index contributed by atoms with van der Waals surface area (Å²) in [4.78, 5) is 42.4. The van der Waals surface area contributed by atoms with Gasteiger partial charge in [0.25, 0.3) is 0 Å². The van der Waals surface area contributed by atoms with E-state index >= 15 is 0 Å². The Morgan fingerprint density at radius 2 is 1.95 bits per heavy atom.